The van der Waals surface area contributed by atoms with Gasteiger partial charge in [-0.05, 0) is 18.1 Å². The number of nitrogens with zero attached hydrogens (tertiary/aromatic N) is 1. The molecule has 3 rings (SSSR count). The minimum Gasteiger partial charge on any atom is -0.359 e. The Hall–Kier alpha value is -1.02. The summed E-state index contributed by atoms with van der Waals surface area (Å²) in [6.07, 6.45) is 1.16. The van der Waals surface area contributed by atoms with E-state index in [2.05, 4.69) is 29.2 Å². The topological polar surface area (TPSA) is 12.5 Å². The molecule has 0 radical (unpaired) electrons. The summed E-state index contributed by atoms with van der Waals surface area (Å²) in [6, 6.07) is 9.22. The molecule has 1 aromatic carbocycles. The van der Waals surface area contributed by atoms with E-state index >= 15 is 0 Å². The lowest BCUT2D eigenvalue weighted by atomic mass is 10.1. The number of rotatable bonds is 0. The average Bonchev–Trinajstić information content (AvgIpc) is 2.62. The maximum Gasteiger partial charge on any atom is 0.119 e. The van der Waals surface area contributed by atoms with Gasteiger partial charge in [0.25, 0.3) is 0 Å². The van der Waals surface area contributed by atoms with Crippen molar-refractivity contribution in [3.8, 4) is 0 Å². The van der Waals surface area contributed by atoms with Crippen LogP contribution in [0.4, 0.5) is 5.69 Å². The lowest BCUT2D eigenvalue weighted by molar-refractivity contribution is 0.192. The summed E-state index contributed by atoms with van der Waals surface area (Å²) < 4.78 is 5.39. The summed E-state index contributed by atoms with van der Waals surface area (Å²) >= 11 is 0. The normalized spacial score (nSPS) is 25.7. The van der Waals surface area contributed by atoms with Crippen LogP contribution in [0.15, 0.2) is 24.3 Å². The average molecular weight is 161 g/mol. The molecule has 2 aliphatic heterocycles. The highest BCUT2D eigenvalue weighted by molar-refractivity contribution is 5.59. The van der Waals surface area contributed by atoms with E-state index in [1.165, 1.54) is 11.3 Å². The van der Waals surface area contributed by atoms with Gasteiger partial charge in [0.2, 0.25) is 0 Å². The first-order valence-corrected chi connectivity index (χ1v) is 4.37. The van der Waals surface area contributed by atoms with E-state index in [0.29, 0.717) is 6.04 Å². The second kappa shape index (κ2) is 2.23. The molecule has 12 heavy (non-hydrogen) atoms. The Morgan fingerprint density at radius 1 is 1.33 bits per heavy atom. The monoisotopic (exact) mass is 161 g/mol. The molecule has 62 valence electrons. The van der Waals surface area contributed by atoms with Gasteiger partial charge in [0, 0.05) is 5.69 Å². The van der Waals surface area contributed by atoms with Crippen molar-refractivity contribution in [3.63, 3.8) is 0 Å². The Kier molecular flexibility index (Phi) is 1.21. The minimum absolute atomic E-state index is 0.613. The van der Waals surface area contributed by atoms with E-state index in [1.807, 2.05) is 0 Å². The third kappa shape index (κ3) is 0.730. The van der Waals surface area contributed by atoms with Crippen molar-refractivity contribution >= 4 is 5.69 Å². The first-order chi connectivity index (χ1) is 5.95. The maximum atomic E-state index is 5.39. The number of para-hydroxylation sites is 1. The van der Waals surface area contributed by atoms with Gasteiger partial charge in [-0.15, -0.1) is 0 Å². The molecule has 0 N–H and O–H groups in total. The molecule has 1 unspecified atom stereocenters. The number of fused-ring (bicyclic) bond motifs is 3. The fourth-order valence-electron chi connectivity index (χ4n) is 2.14. The van der Waals surface area contributed by atoms with Gasteiger partial charge in [-0.25, -0.2) is 0 Å². The second-order valence-corrected chi connectivity index (χ2v) is 3.46. The van der Waals surface area contributed by atoms with E-state index in [0.717, 1.165) is 19.8 Å². The van der Waals surface area contributed by atoms with Crippen LogP contribution in [0.5, 0.6) is 0 Å². The van der Waals surface area contributed by atoms with Gasteiger partial charge in [-0.3, -0.25) is 0 Å². The van der Waals surface area contributed by atoms with Crippen molar-refractivity contribution in [1.29, 1.82) is 0 Å². The minimum atomic E-state index is 0.613. The predicted octanol–water partition coefficient (Wildman–Crippen LogP) is 1.41. The highest BCUT2D eigenvalue weighted by Gasteiger charge is 2.32. The van der Waals surface area contributed by atoms with Gasteiger partial charge in [0.05, 0.1) is 12.6 Å². The maximum absolute atomic E-state index is 5.39. The molecule has 0 aliphatic carbocycles. The summed E-state index contributed by atoms with van der Waals surface area (Å²) in [5, 5.41) is 0. The molecule has 1 fully saturated rings. The number of anilines is 1. The van der Waals surface area contributed by atoms with Crippen LogP contribution in [-0.4, -0.2) is 19.4 Å². The van der Waals surface area contributed by atoms with Crippen molar-refractivity contribution in [2.75, 3.05) is 18.2 Å². The van der Waals surface area contributed by atoms with Gasteiger partial charge in [0.1, 0.15) is 6.73 Å². The summed E-state index contributed by atoms with van der Waals surface area (Å²) in [6.45, 7) is 1.68. The molecule has 0 saturated carbocycles. The standard InChI is InChI=1S/C10H11NO/c1-2-4-10-8(3-1)5-9-6-12-7-11(9)10/h1-4,9H,5-7H2. The number of benzene rings is 1. The van der Waals surface area contributed by atoms with Crippen LogP contribution in [0.25, 0.3) is 0 Å². The van der Waals surface area contributed by atoms with Crippen LogP contribution in [0.2, 0.25) is 0 Å². The highest BCUT2D eigenvalue weighted by Crippen LogP contribution is 2.34. The molecule has 2 heteroatoms. The predicted molar refractivity (Wildman–Crippen MR) is 47.2 cm³/mol. The zero-order valence-corrected chi connectivity index (χ0v) is 6.86. The van der Waals surface area contributed by atoms with Crippen molar-refractivity contribution in [1.82, 2.24) is 0 Å². The zero-order valence-electron chi connectivity index (χ0n) is 6.86. The van der Waals surface area contributed by atoms with Crippen LogP contribution in [0.3, 0.4) is 0 Å². The van der Waals surface area contributed by atoms with E-state index < -0.39 is 0 Å². The molecule has 2 aliphatic rings. The third-order valence-corrected chi connectivity index (χ3v) is 2.74. The number of hydrogen-bond acceptors (Lipinski definition) is 2. The fraction of sp³-hybridized carbons (Fsp3) is 0.400. The van der Waals surface area contributed by atoms with Gasteiger partial charge in [0.15, 0.2) is 0 Å². The Morgan fingerprint density at radius 3 is 3.25 bits per heavy atom. The summed E-state index contributed by atoms with van der Waals surface area (Å²) in [5.74, 6) is 0. The van der Waals surface area contributed by atoms with Gasteiger partial charge in [-0.2, -0.15) is 0 Å². The molecule has 0 spiro atoms. The Labute approximate surface area is 71.8 Å². The Morgan fingerprint density at radius 2 is 2.25 bits per heavy atom. The van der Waals surface area contributed by atoms with Crippen LogP contribution in [0, 0.1) is 0 Å². The molecule has 0 aromatic heterocycles. The third-order valence-electron chi connectivity index (χ3n) is 2.74. The van der Waals surface area contributed by atoms with E-state index in [-0.39, 0.29) is 0 Å². The van der Waals surface area contributed by atoms with Crippen LogP contribution in [-0.2, 0) is 11.2 Å². The summed E-state index contributed by atoms with van der Waals surface area (Å²) in [5.41, 5.74) is 2.85. The van der Waals surface area contributed by atoms with E-state index in [9.17, 15) is 0 Å². The van der Waals surface area contributed by atoms with Gasteiger partial charge < -0.3 is 9.64 Å². The van der Waals surface area contributed by atoms with Crippen molar-refractivity contribution in [2.45, 2.75) is 12.5 Å². The highest BCUT2D eigenvalue weighted by atomic mass is 16.5. The van der Waals surface area contributed by atoms with Gasteiger partial charge in [-0.1, -0.05) is 18.2 Å². The molecule has 0 amide bonds. The van der Waals surface area contributed by atoms with Crippen molar-refractivity contribution < 1.29 is 4.74 Å². The lowest BCUT2D eigenvalue weighted by Crippen LogP contribution is -2.25. The molecule has 1 saturated heterocycles. The summed E-state index contributed by atoms with van der Waals surface area (Å²) in [4.78, 5) is 2.36. The first kappa shape index (κ1) is 6.49. The Bertz CT molecular complexity index is 310. The van der Waals surface area contributed by atoms with Crippen LogP contribution >= 0.6 is 0 Å². The molecular formula is C10H11NO. The lowest BCUT2D eigenvalue weighted by Gasteiger charge is -2.15. The molecular weight excluding hydrogens is 150 g/mol. The largest absolute Gasteiger partial charge is 0.359 e. The van der Waals surface area contributed by atoms with E-state index in [4.69, 9.17) is 4.74 Å². The molecule has 0 bridgehead atoms. The Balaban J connectivity index is 2.09. The second-order valence-electron chi connectivity index (χ2n) is 3.46. The fourth-order valence-corrected chi connectivity index (χ4v) is 2.14. The van der Waals surface area contributed by atoms with Crippen LogP contribution < -0.4 is 4.90 Å². The SMILES string of the molecule is c1ccc2c(c1)CC1COCN21. The zero-order chi connectivity index (χ0) is 7.97. The van der Waals surface area contributed by atoms with Crippen LogP contribution in [0.1, 0.15) is 5.56 Å². The van der Waals surface area contributed by atoms with E-state index in [1.54, 1.807) is 0 Å². The molecule has 2 heterocycles. The first-order valence-electron chi connectivity index (χ1n) is 4.37. The molecule has 1 aromatic rings. The smallest absolute Gasteiger partial charge is 0.119 e. The quantitative estimate of drug-likeness (QED) is 0.570. The summed E-state index contributed by atoms with van der Waals surface area (Å²) in [7, 11) is 0. The number of hydrogen-bond donors (Lipinski definition) is 0. The molecule has 1 atom stereocenters. The molecule has 2 nitrogen and oxygen atoms in total. The number of ether oxygens (including phenoxy) is 1. The van der Waals surface area contributed by atoms with Crippen molar-refractivity contribution in [2.24, 2.45) is 0 Å². The van der Waals surface area contributed by atoms with Crippen molar-refractivity contribution in [3.05, 3.63) is 29.8 Å². The van der Waals surface area contributed by atoms with Gasteiger partial charge >= 0.3 is 0 Å².